The normalized spacial score (nSPS) is 11.7. The highest BCUT2D eigenvalue weighted by molar-refractivity contribution is 6.31. The number of carbonyl (C=O) groups excluding carboxylic acids is 1. The van der Waals surface area contributed by atoms with Gasteiger partial charge in [0.25, 0.3) is 11.6 Å². The van der Waals surface area contributed by atoms with Gasteiger partial charge >= 0.3 is 0 Å². The Hall–Kier alpha value is -2.60. The third-order valence-corrected chi connectivity index (χ3v) is 3.98. The lowest BCUT2D eigenvalue weighted by Gasteiger charge is -2.16. The van der Waals surface area contributed by atoms with Crippen LogP contribution in [0.1, 0.15) is 18.1 Å². The number of hydrogen-bond acceptors (Lipinski definition) is 4. The highest BCUT2D eigenvalue weighted by Crippen LogP contribution is 2.25. The number of aryl methyl sites for hydroxylation is 1. The van der Waals surface area contributed by atoms with Crippen molar-refractivity contribution in [2.75, 3.05) is 5.32 Å². The van der Waals surface area contributed by atoms with E-state index in [0.29, 0.717) is 22.0 Å². The van der Waals surface area contributed by atoms with E-state index in [0.717, 1.165) is 5.56 Å². The number of anilines is 1. The largest absolute Gasteiger partial charge is 0.481 e. The monoisotopic (exact) mass is 348 g/mol. The standard InChI is InChI=1S/C17H17ClN2O4/c1-10-9-13(7-8-16(10)20(22)23)24-12(3)17(21)19-15-6-4-5-14(18)11(15)2/h4-9,12H,1-3H3,(H,19,21)/t12-/m0/s1. The van der Waals surface area contributed by atoms with Gasteiger partial charge in [-0.15, -0.1) is 0 Å². The maximum Gasteiger partial charge on any atom is 0.272 e. The average Bonchev–Trinajstić information content (AvgIpc) is 2.51. The Bertz CT molecular complexity index is 792. The van der Waals surface area contributed by atoms with Crippen LogP contribution in [0.5, 0.6) is 5.75 Å². The van der Waals surface area contributed by atoms with Crippen LogP contribution in [0.25, 0.3) is 0 Å². The zero-order valence-electron chi connectivity index (χ0n) is 13.5. The summed E-state index contributed by atoms with van der Waals surface area (Å²) >= 11 is 6.03. The molecule has 0 heterocycles. The van der Waals surface area contributed by atoms with Crippen molar-refractivity contribution in [3.63, 3.8) is 0 Å². The smallest absolute Gasteiger partial charge is 0.272 e. The fraction of sp³-hybridized carbons (Fsp3) is 0.235. The topological polar surface area (TPSA) is 81.5 Å². The van der Waals surface area contributed by atoms with Gasteiger partial charge in [0.05, 0.1) is 4.92 Å². The van der Waals surface area contributed by atoms with Crippen LogP contribution in [0.15, 0.2) is 36.4 Å². The number of carbonyl (C=O) groups is 1. The van der Waals surface area contributed by atoms with Crippen molar-refractivity contribution >= 4 is 28.9 Å². The third kappa shape index (κ3) is 4.02. The van der Waals surface area contributed by atoms with Crippen LogP contribution in [0.3, 0.4) is 0 Å². The second-order valence-corrected chi connectivity index (χ2v) is 5.77. The fourth-order valence-corrected chi connectivity index (χ4v) is 2.32. The summed E-state index contributed by atoms with van der Waals surface area (Å²) in [6.45, 7) is 5.03. The van der Waals surface area contributed by atoms with Crippen molar-refractivity contribution in [2.45, 2.75) is 26.9 Å². The van der Waals surface area contributed by atoms with Gasteiger partial charge in [0.2, 0.25) is 0 Å². The molecule has 24 heavy (non-hydrogen) atoms. The van der Waals surface area contributed by atoms with Crippen LogP contribution >= 0.6 is 11.6 Å². The lowest BCUT2D eigenvalue weighted by molar-refractivity contribution is -0.385. The van der Waals surface area contributed by atoms with Gasteiger partial charge in [-0.05, 0) is 50.6 Å². The molecule has 0 aliphatic carbocycles. The van der Waals surface area contributed by atoms with Crippen LogP contribution in [0.2, 0.25) is 5.02 Å². The molecule has 0 radical (unpaired) electrons. The first-order chi connectivity index (χ1) is 11.3. The Kier molecular flexibility index (Phi) is 5.41. The molecule has 2 rings (SSSR count). The molecule has 0 saturated heterocycles. The molecule has 126 valence electrons. The van der Waals surface area contributed by atoms with E-state index in [1.807, 2.05) is 6.92 Å². The van der Waals surface area contributed by atoms with Gasteiger partial charge < -0.3 is 10.1 Å². The molecule has 0 unspecified atom stereocenters. The van der Waals surface area contributed by atoms with Gasteiger partial charge in [-0.25, -0.2) is 0 Å². The molecule has 7 heteroatoms. The van der Waals surface area contributed by atoms with E-state index in [4.69, 9.17) is 16.3 Å². The van der Waals surface area contributed by atoms with Gasteiger partial charge in [0, 0.05) is 22.3 Å². The summed E-state index contributed by atoms with van der Waals surface area (Å²) < 4.78 is 5.57. The van der Waals surface area contributed by atoms with Gasteiger partial charge in [-0.1, -0.05) is 17.7 Å². The summed E-state index contributed by atoms with van der Waals surface area (Å²) in [5, 5.41) is 14.1. The minimum Gasteiger partial charge on any atom is -0.481 e. The second-order valence-electron chi connectivity index (χ2n) is 5.37. The number of nitro benzene ring substituents is 1. The van der Waals surface area contributed by atoms with Gasteiger partial charge in [-0.3, -0.25) is 14.9 Å². The van der Waals surface area contributed by atoms with Gasteiger partial charge in [0.1, 0.15) is 5.75 Å². The number of nitrogens with zero attached hydrogens (tertiary/aromatic N) is 1. The van der Waals surface area contributed by atoms with Crippen LogP contribution in [-0.2, 0) is 4.79 Å². The molecule has 0 bridgehead atoms. The maximum atomic E-state index is 12.3. The number of nitro groups is 1. The zero-order valence-corrected chi connectivity index (χ0v) is 14.3. The van der Waals surface area contributed by atoms with Crippen LogP contribution in [0.4, 0.5) is 11.4 Å². The van der Waals surface area contributed by atoms with E-state index in [2.05, 4.69) is 5.32 Å². The van der Waals surface area contributed by atoms with Crippen LogP contribution in [0, 0.1) is 24.0 Å². The number of benzene rings is 2. The molecule has 0 fully saturated rings. The SMILES string of the molecule is Cc1cc(O[C@@H](C)C(=O)Nc2cccc(Cl)c2C)ccc1[N+](=O)[O-]. The number of ether oxygens (including phenoxy) is 1. The van der Waals surface area contributed by atoms with Crippen molar-refractivity contribution in [2.24, 2.45) is 0 Å². The molecule has 1 atom stereocenters. The number of nitrogens with one attached hydrogen (secondary N) is 1. The molecule has 1 N–H and O–H groups in total. The molecule has 0 aromatic heterocycles. The van der Waals surface area contributed by atoms with E-state index in [-0.39, 0.29) is 11.6 Å². The first-order valence-electron chi connectivity index (χ1n) is 7.27. The number of halogens is 1. The Labute approximate surface area is 144 Å². The predicted octanol–water partition coefficient (Wildman–Crippen LogP) is 4.27. The van der Waals surface area contributed by atoms with Crippen molar-refractivity contribution in [3.05, 3.63) is 62.7 Å². The molecule has 0 saturated carbocycles. The van der Waals surface area contributed by atoms with Crippen molar-refractivity contribution in [3.8, 4) is 5.75 Å². The first kappa shape index (κ1) is 17.7. The van der Waals surface area contributed by atoms with Crippen LogP contribution in [-0.4, -0.2) is 16.9 Å². The molecule has 6 nitrogen and oxygen atoms in total. The lowest BCUT2D eigenvalue weighted by Crippen LogP contribution is -2.30. The van der Waals surface area contributed by atoms with E-state index in [9.17, 15) is 14.9 Å². The van der Waals surface area contributed by atoms with Gasteiger partial charge in [-0.2, -0.15) is 0 Å². The number of rotatable bonds is 5. The van der Waals surface area contributed by atoms with E-state index < -0.39 is 11.0 Å². The van der Waals surface area contributed by atoms with E-state index >= 15 is 0 Å². The molecule has 2 aromatic carbocycles. The number of hydrogen-bond donors (Lipinski definition) is 1. The van der Waals surface area contributed by atoms with Crippen LogP contribution < -0.4 is 10.1 Å². The van der Waals surface area contributed by atoms with E-state index in [1.165, 1.54) is 18.2 Å². The minimum atomic E-state index is -0.774. The predicted molar refractivity (Wildman–Crippen MR) is 92.7 cm³/mol. The van der Waals surface area contributed by atoms with Crippen molar-refractivity contribution < 1.29 is 14.5 Å². The summed E-state index contributed by atoms with van der Waals surface area (Å²) in [5.41, 5.74) is 1.86. The molecule has 0 aliphatic rings. The maximum absolute atomic E-state index is 12.3. The molecule has 1 amide bonds. The fourth-order valence-electron chi connectivity index (χ4n) is 2.14. The summed E-state index contributed by atoms with van der Waals surface area (Å²) in [6.07, 6.45) is -0.774. The Morgan fingerprint density at radius 2 is 2.00 bits per heavy atom. The van der Waals surface area contributed by atoms with Crippen molar-refractivity contribution in [1.82, 2.24) is 0 Å². The quantitative estimate of drug-likeness (QED) is 0.646. The summed E-state index contributed by atoms with van der Waals surface area (Å²) in [4.78, 5) is 22.6. The third-order valence-electron chi connectivity index (χ3n) is 3.57. The minimum absolute atomic E-state index is 0.00834. The Morgan fingerprint density at radius 3 is 2.62 bits per heavy atom. The highest BCUT2D eigenvalue weighted by atomic mass is 35.5. The Morgan fingerprint density at radius 1 is 1.29 bits per heavy atom. The molecular weight excluding hydrogens is 332 g/mol. The lowest BCUT2D eigenvalue weighted by atomic mass is 10.2. The summed E-state index contributed by atoms with van der Waals surface area (Å²) in [7, 11) is 0. The molecule has 2 aromatic rings. The summed E-state index contributed by atoms with van der Waals surface area (Å²) in [5.74, 6) is 0.0555. The van der Waals surface area contributed by atoms with Crippen molar-refractivity contribution in [1.29, 1.82) is 0 Å². The highest BCUT2D eigenvalue weighted by Gasteiger charge is 2.18. The molecule has 0 spiro atoms. The zero-order chi connectivity index (χ0) is 17.9. The molecule has 0 aliphatic heterocycles. The Balaban J connectivity index is 2.08. The molecular formula is C17H17ClN2O4. The van der Waals surface area contributed by atoms with Gasteiger partial charge in [0.15, 0.2) is 6.10 Å². The summed E-state index contributed by atoms with van der Waals surface area (Å²) in [6, 6.07) is 9.60. The average molecular weight is 349 g/mol. The number of amides is 1. The second kappa shape index (κ2) is 7.31. The van der Waals surface area contributed by atoms with E-state index in [1.54, 1.807) is 32.0 Å². The first-order valence-corrected chi connectivity index (χ1v) is 7.65.